The number of carbonyl (C=O) groups is 1. The SMILES string of the molecule is O=C(NCc1ccc(CN2CCC(O)CC2)cc1)c1ccc(Br)cc1O. The number of phenols is 1. The number of aromatic hydroxyl groups is 1. The van der Waals surface area contributed by atoms with Crippen molar-refractivity contribution in [3.63, 3.8) is 0 Å². The van der Waals surface area contributed by atoms with Crippen LogP contribution in [0, 0.1) is 0 Å². The molecule has 1 amide bonds. The van der Waals surface area contributed by atoms with Crippen LogP contribution < -0.4 is 5.32 Å². The Balaban J connectivity index is 1.52. The van der Waals surface area contributed by atoms with Gasteiger partial charge < -0.3 is 15.5 Å². The standard InChI is InChI=1S/C20H23BrN2O3/c21-16-5-6-18(19(25)11-16)20(26)22-12-14-1-3-15(4-2-14)13-23-9-7-17(24)8-10-23/h1-6,11,17,24-25H,7-10,12-13H2,(H,22,26). The van der Waals surface area contributed by atoms with Crippen molar-refractivity contribution in [3.05, 3.63) is 63.6 Å². The third-order valence-electron chi connectivity index (χ3n) is 4.64. The average Bonchev–Trinajstić information content (AvgIpc) is 2.63. The highest BCUT2D eigenvalue weighted by molar-refractivity contribution is 9.10. The molecular weight excluding hydrogens is 396 g/mol. The maximum atomic E-state index is 12.2. The Morgan fingerprint density at radius 3 is 2.42 bits per heavy atom. The fourth-order valence-electron chi connectivity index (χ4n) is 3.07. The van der Waals surface area contributed by atoms with Crippen LogP contribution in [-0.4, -0.2) is 40.2 Å². The quantitative estimate of drug-likeness (QED) is 0.697. The molecule has 5 nitrogen and oxygen atoms in total. The summed E-state index contributed by atoms with van der Waals surface area (Å²) < 4.78 is 0.727. The second kappa shape index (κ2) is 8.66. The molecule has 0 radical (unpaired) electrons. The third kappa shape index (κ3) is 5.06. The van der Waals surface area contributed by atoms with Gasteiger partial charge in [0.2, 0.25) is 0 Å². The van der Waals surface area contributed by atoms with E-state index in [0.29, 0.717) is 6.54 Å². The Morgan fingerprint density at radius 2 is 1.77 bits per heavy atom. The number of amides is 1. The van der Waals surface area contributed by atoms with Crippen molar-refractivity contribution in [2.24, 2.45) is 0 Å². The van der Waals surface area contributed by atoms with Crippen LogP contribution in [0.25, 0.3) is 0 Å². The van der Waals surface area contributed by atoms with Gasteiger partial charge in [-0.2, -0.15) is 0 Å². The van der Waals surface area contributed by atoms with Crippen LogP contribution in [0.15, 0.2) is 46.9 Å². The Labute approximate surface area is 161 Å². The maximum absolute atomic E-state index is 12.2. The summed E-state index contributed by atoms with van der Waals surface area (Å²) in [5, 5.41) is 22.3. The molecule has 26 heavy (non-hydrogen) atoms. The molecule has 1 fully saturated rings. The summed E-state index contributed by atoms with van der Waals surface area (Å²) in [6.45, 7) is 3.14. The fourth-order valence-corrected chi connectivity index (χ4v) is 3.42. The van der Waals surface area contributed by atoms with E-state index < -0.39 is 0 Å². The van der Waals surface area contributed by atoms with E-state index >= 15 is 0 Å². The molecule has 0 aliphatic carbocycles. The van der Waals surface area contributed by atoms with Gasteiger partial charge in [-0.3, -0.25) is 9.69 Å². The van der Waals surface area contributed by atoms with Crippen LogP contribution >= 0.6 is 15.9 Å². The van der Waals surface area contributed by atoms with Crippen molar-refractivity contribution in [1.29, 1.82) is 0 Å². The first-order chi connectivity index (χ1) is 12.5. The molecule has 2 aromatic carbocycles. The second-order valence-corrected chi connectivity index (χ2v) is 7.58. The lowest BCUT2D eigenvalue weighted by Crippen LogP contribution is -2.35. The van der Waals surface area contributed by atoms with Gasteiger partial charge in [-0.1, -0.05) is 40.2 Å². The number of piperidine rings is 1. The van der Waals surface area contributed by atoms with Crippen molar-refractivity contribution in [2.45, 2.75) is 32.0 Å². The number of aliphatic hydroxyl groups excluding tert-OH is 1. The largest absolute Gasteiger partial charge is 0.507 e. The number of phenolic OH excluding ortho intramolecular Hbond substituents is 1. The van der Waals surface area contributed by atoms with E-state index in [1.54, 1.807) is 12.1 Å². The van der Waals surface area contributed by atoms with Crippen LogP contribution in [-0.2, 0) is 13.1 Å². The summed E-state index contributed by atoms with van der Waals surface area (Å²) in [6.07, 6.45) is 1.53. The maximum Gasteiger partial charge on any atom is 0.255 e. The van der Waals surface area contributed by atoms with Gasteiger partial charge in [0.05, 0.1) is 11.7 Å². The zero-order chi connectivity index (χ0) is 18.5. The number of carbonyl (C=O) groups excluding carboxylic acids is 1. The Kier molecular flexibility index (Phi) is 6.29. The van der Waals surface area contributed by atoms with Gasteiger partial charge in [-0.15, -0.1) is 0 Å². The molecule has 6 heteroatoms. The fraction of sp³-hybridized carbons (Fsp3) is 0.350. The molecule has 138 valence electrons. The van der Waals surface area contributed by atoms with Crippen LogP contribution in [0.3, 0.4) is 0 Å². The predicted octanol–water partition coefficient (Wildman–Crippen LogP) is 3.04. The molecular formula is C20H23BrN2O3. The van der Waals surface area contributed by atoms with Crippen molar-refractivity contribution >= 4 is 21.8 Å². The van der Waals surface area contributed by atoms with Crippen molar-refractivity contribution in [2.75, 3.05) is 13.1 Å². The summed E-state index contributed by atoms with van der Waals surface area (Å²) in [6, 6.07) is 13.0. The number of nitrogens with zero attached hydrogens (tertiary/aromatic N) is 1. The summed E-state index contributed by atoms with van der Waals surface area (Å²) in [4.78, 5) is 14.5. The van der Waals surface area contributed by atoms with Gasteiger partial charge in [0.25, 0.3) is 5.91 Å². The Morgan fingerprint density at radius 1 is 1.12 bits per heavy atom. The van der Waals surface area contributed by atoms with Gasteiger partial charge in [0, 0.05) is 30.7 Å². The lowest BCUT2D eigenvalue weighted by atomic mass is 10.1. The minimum Gasteiger partial charge on any atom is -0.507 e. The molecule has 0 unspecified atom stereocenters. The molecule has 0 bridgehead atoms. The van der Waals surface area contributed by atoms with E-state index in [1.807, 2.05) is 12.1 Å². The van der Waals surface area contributed by atoms with Crippen LogP contribution in [0.4, 0.5) is 0 Å². The molecule has 1 heterocycles. The van der Waals surface area contributed by atoms with Gasteiger partial charge in [-0.05, 0) is 42.2 Å². The second-order valence-electron chi connectivity index (χ2n) is 6.67. The molecule has 3 rings (SSSR count). The number of likely N-dealkylation sites (tertiary alicyclic amines) is 1. The zero-order valence-electron chi connectivity index (χ0n) is 14.5. The molecule has 0 atom stereocenters. The van der Waals surface area contributed by atoms with Gasteiger partial charge in [0.1, 0.15) is 5.75 Å². The van der Waals surface area contributed by atoms with Gasteiger partial charge in [-0.25, -0.2) is 0 Å². The average molecular weight is 419 g/mol. The minimum absolute atomic E-state index is 0.0427. The number of aliphatic hydroxyl groups is 1. The number of hydrogen-bond acceptors (Lipinski definition) is 4. The highest BCUT2D eigenvalue weighted by Gasteiger charge is 2.16. The first kappa shape index (κ1) is 18.9. The minimum atomic E-state index is -0.300. The molecule has 0 spiro atoms. The third-order valence-corrected chi connectivity index (χ3v) is 5.14. The molecule has 1 saturated heterocycles. The van der Waals surface area contributed by atoms with Crippen molar-refractivity contribution < 1.29 is 15.0 Å². The van der Waals surface area contributed by atoms with E-state index in [2.05, 4.69) is 38.3 Å². The highest BCUT2D eigenvalue weighted by Crippen LogP contribution is 2.22. The van der Waals surface area contributed by atoms with Crippen LogP contribution in [0.2, 0.25) is 0 Å². The predicted molar refractivity (Wildman–Crippen MR) is 104 cm³/mol. The molecule has 0 aromatic heterocycles. The first-order valence-electron chi connectivity index (χ1n) is 8.76. The molecule has 1 aliphatic heterocycles. The Bertz CT molecular complexity index is 756. The smallest absolute Gasteiger partial charge is 0.255 e. The molecule has 0 saturated carbocycles. The number of hydrogen-bond donors (Lipinski definition) is 3. The van der Waals surface area contributed by atoms with Crippen LogP contribution in [0.5, 0.6) is 5.75 Å². The number of nitrogens with one attached hydrogen (secondary N) is 1. The lowest BCUT2D eigenvalue weighted by Gasteiger charge is -2.29. The molecule has 2 aromatic rings. The van der Waals surface area contributed by atoms with E-state index in [0.717, 1.165) is 42.5 Å². The zero-order valence-corrected chi connectivity index (χ0v) is 16.1. The Hall–Kier alpha value is -1.89. The first-order valence-corrected chi connectivity index (χ1v) is 9.55. The lowest BCUT2D eigenvalue weighted by molar-refractivity contribution is 0.0792. The van der Waals surface area contributed by atoms with Crippen LogP contribution in [0.1, 0.15) is 34.3 Å². The normalized spacial score (nSPS) is 15.8. The van der Waals surface area contributed by atoms with Gasteiger partial charge in [0.15, 0.2) is 0 Å². The number of halogens is 1. The number of rotatable bonds is 5. The van der Waals surface area contributed by atoms with E-state index in [4.69, 9.17) is 0 Å². The monoisotopic (exact) mass is 418 g/mol. The van der Waals surface area contributed by atoms with E-state index in [-0.39, 0.29) is 23.3 Å². The highest BCUT2D eigenvalue weighted by atomic mass is 79.9. The van der Waals surface area contributed by atoms with E-state index in [9.17, 15) is 15.0 Å². The molecule has 3 N–H and O–H groups in total. The summed E-state index contributed by atoms with van der Waals surface area (Å²) >= 11 is 3.26. The topological polar surface area (TPSA) is 72.8 Å². The van der Waals surface area contributed by atoms with E-state index in [1.165, 1.54) is 11.6 Å². The molecule has 1 aliphatic rings. The number of benzene rings is 2. The summed E-state index contributed by atoms with van der Waals surface area (Å²) in [7, 11) is 0. The summed E-state index contributed by atoms with van der Waals surface area (Å²) in [5.74, 6) is -0.343. The van der Waals surface area contributed by atoms with Gasteiger partial charge >= 0.3 is 0 Å². The van der Waals surface area contributed by atoms with Crippen molar-refractivity contribution in [1.82, 2.24) is 10.2 Å². The summed E-state index contributed by atoms with van der Waals surface area (Å²) in [5.41, 5.74) is 2.49. The van der Waals surface area contributed by atoms with Crippen molar-refractivity contribution in [3.8, 4) is 5.75 Å².